The van der Waals surface area contributed by atoms with Crippen LogP contribution in [0.15, 0.2) is 11.0 Å². The second kappa shape index (κ2) is 3.91. The molecule has 0 radical (unpaired) electrons. The number of aromatic nitrogens is 2. The third-order valence-corrected chi connectivity index (χ3v) is 3.07. The summed E-state index contributed by atoms with van der Waals surface area (Å²) in [5.41, 5.74) is 5.30. The van der Waals surface area contributed by atoms with Gasteiger partial charge in [0.2, 0.25) is 5.95 Å². The Morgan fingerprint density at radius 1 is 1.50 bits per heavy atom. The van der Waals surface area contributed by atoms with E-state index in [1.807, 2.05) is 11.8 Å². The average Bonchev–Trinajstić information content (AvgIpc) is 2.23. The maximum Gasteiger partial charge on any atom is 0.275 e. The van der Waals surface area contributed by atoms with Gasteiger partial charge >= 0.3 is 0 Å². The van der Waals surface area contributed by atoms with E-state index < -0.39 is 0 Å². The molecule has 5 nitrogen and oxygen atoms in total. The minimum absolute atomic E-state index is 0.167. The van der Waals surface area contributed by atoms with Crippen LogP contribution in [0.4, 0.5) is 11.6 Å². The molecule has 2 heterocycles. The van der Waals surface area contributed by atoms with E-state index in [2.05, 4.69) is 14.9 Å². The Labute approximate surface area is 85.7 Å². The van der Waals surface area contributed by atoms with Crippen molar-refractivity contribution in [2.45, 2.75) is 0 Å². The van der Waals surface area contributed by atoms with Gasteiger partial charge in [-0.2, -0.15) is 11.8 Å². The number of hydrogen-bond donors (Lipinski definition) is 2. The molecule has 6 heteroatoms. The number of rotatable bonds is 1. The molecule has 0 amide bonds. The lowest BCUT2D eigenvalue weighted by molar-refractivity contribution is 0.811. The molecule has 0 spiro atoms. The largest absolute Gasteiger partial charge is 0.393 e. The van der Waals surface area contributed by atoms with Gasteiger partial charge in [-0.05, 0) is 0 Å². The lowest BCUT2D eigenvalue weighted by Crippen LogP contribution is -2.35. The number of hydrogen-bond acceptors (Lipinski definition) is 5. The molecule has 2 rings (SSSR count). The van der Waals surface area contributed by atoms with Gasteiger partial charge in [0.05, 0.1) is 6.20 Å². The molecule has 0 atom stereocenters. The third kappa shape index (κ3) is 1.84. The summed E-state index contributed by atoms with van der Waals surface area (Å²) in [5, 5.41) is 0. The van der Waals surface area contributed by atoms with Crippen molar-refractivity contribution in [2.75, 3.05) is 35.2 Å². The highest BCUT2D eigenvalue weighted by Gasteiger charge is 2.13. The first-order valence-corrected chi connectivity index (χ1v) is 5.60. The molecule has 0 aliphatic carbocycles. The lowest BCUT2D eigenvalue weighted by Gasteiger charge is -2.26. The van der Waals surface area contributed by atoms with Gasteiger partial charge in [-0.3, -0.25) is 9.78 Å². The van der Waals surface area contributed by atoms with Crippen molar-refractivity contribution in [1.29, 1.82) is 0 Å². The van der Waals surface area contributed by atoms with Crippen LogP contribution in [0.2, 0.25) is 0 Å². The molecule has 76 valence electrons. The number of anilines is 2. The van der Waals surface area contributed by atoms with E-state index in [9.17, 15) is 4.79 Å². The van der Waals surface area contributed by atoms with Crippen LogP contribution in [0.3, 0.4) is 0 Å². The van der Waals surface area contributed by atoms with Crippen LogP contribution < -0.4 is 16.2 Å². The molecule has 14 heavy (non-hydrogen) atoms. The molecular weight excluding hydrogens is 200 g/mol. The summed E-state index contributed by atoms with van der Waals surface area (Å²) in [6.45, 7) is 1.86. The van der Waals surface area contributed by atoms with Crippen LogP contribution in [0, 0.1) is 0 Å². The predicted molar refractivity (Wildman–Crippen MR) is 58.8 cm³/mol. The quantitative estimate of drug-likeness (QED) is 0.680. The first-order chi connectivity index (χ1) is 6.77. The van der Waals surface area contributed by atoms with Crippen LogP contribution in [0.5, 0.6) is 0 Å². The standard InChI is InChI=1S/C8H12N4OS/c9-6-5-10-8(11-7(6)13)12-1-3-14-4-2-12/h5H,1-4,9H2,(H,10,11,13). The molecular formula is C8H12N4OS. The number of nitrogens with zero attached hydrogens (tertiary/aromatic N) is 2. The monoisotopic (exact) mass is 212 g/mol. The number of thioether (sulfide) groups is 1. The van der Waals surface area contributed by atoms with Crippen LogP contribution >= 0.6 is 11.8 Å². The number of nitrogen functional groups attached to an aromatic ring is 1. The van der Waals surface area contributed by atoms with Crippen molar-refractivity contribution in [3.8, 4) is 0 Å². The summed E-state index contributed by atoms with van der Waals surface area (Å²) in [5.74, 6) is 2.78. The number of aromatic amines is 1. The molecule has 0 saturated carbocycles. The minimum Gasteiger partial charge on any atom is -0.393 e. The molecule has 1 aliphatic rings. The Morgan fingerprint density at radius 2 is 2.21 bits per heavy atom. The van der Waals surface area contributed by atoms with Crippen molar-refractivity contribution in [2.24, 2.45) is 0 Å². The van der Waals surface area contributed by atoms with E-state index in [4.69, 9.17) is 5.73 Å². The van der Waals surface area contributed by atoms with Crippen LogP contribution in [0.1, 0.15) is 0 Å². The van der Waals surface area contributed by atoms with Crippen molar-refractivity contribution in [3.63, 3.8) is 0 Å². The Bertz CT molecular complexity index is 372. The Hall–Kier alpha value is -1.17. The fourth-order valence-electron chi connectivity index (χ4n) is 1.33. The topological polar surface area (TPSA) is 75.0 Å². The van der Waals surface area contributed by atoms with Gasteiger partial charge in [0.1, 0.15) is 5.69 Å². The van der Waals surface area contributed by atoms with E-state index in [0.29, 0.717) is 5.95 Å². The Kier molecular flexibility index (Phi) is 2.62. The van der Waals surface area contributed by atoms with E-state index >= 15 is 0 Å². The van der Waals surface area contributed by atoms with Crippen LogP contribution in [-0.2, 0) is 0 Å². The predicted octanol–water partition coefficient (Wildman–Crippen LogP) is -0.0947. The zero-order chi connectivity index (χ0) is 9.97. The van der Waals surface area contributed by atoms with E-state index in [-0.39, 0.29) is 11.2 Å². The highest BCUT2D eigenvalue weighted by molar-refractivity contribution is 7.99. The summed E-state index contributed by atoms with van der Waals surface area (Å²) in [4.78, 5) is 20.1. The normalized spacial score (nSPS) is 17.0. The van der Waals surface area contributed by atoms with Crippen molar-refractivity contribution in [1.82, 2.24) is 9.97 Å². The number of nitrogens with two attached hydrogens (primary N) is 1. The molecule has 1 fully saturated rings. The van der Waals surface area contributed by atoms with Gasteiger partial charge in [0.15, 0.2) is 0 Å². The summed E-state index contributed by atoms with van der Waals surface area (Å²) in [7, 11) is 0. The maximum absolute atomic E-state index is 11.2. The minimum atomic E-state index is -0.256. The second-order valence-corrected chi connectivity index (χ2v) is 4.32. The molecule has 3 N–H and O–H groups in total. The van der Waals surface area contributed by atoms with Crippen molar-refractivity contribution < 1.29 is 0 Å². The van der Waals surface area contributed by atoms with Gasteiger partial charge in [0, 0.05) is 24.6 Å². The number of H-pyrrole nitrogens is 1. The fourth-order valence-corrected chi connectivity index (χ4v) is 2.23. The fraction of sp³-hybridized carbons (Fsp3) is 0.500. The Balaban J connectivity index is 2.23. The lowest BCUT2D eigenvalue weighted by atomic mass is 10.5. The smallest absolute Gasteiger partial charge is 0.275 e. The van der Waals surface area contributed by atoms with Gasteiger partial charge < -0.3 is 10.6 Å². The maximum atomic E-state index is 11.2. The molecule has 0 bridgehead atoms. The van der Waals surface area contributed by atoms with Gasteiger partial charge in [-0.25, -0.2) is 4.98 Å². The van der Waals surface area contributed by atoms with Crippen molar-refractivity contribution in [3.05, 3.63) is 16.6 Å². The van der Waals surface area contributed by atoms with Crippen LogP contribution in [-0.4, -0.2) is 34.6 Å². The van der Waals surface area contributed by atoms with Gasteiger partial charge in [-0.15, -0.1) is 0 Å². The molecule has 0 unspecified atom stereocenters. The van der Waals surface area contributed by atoms with E-state index in [0.717, 1.165) is 24.6 Å². The zero-order valence-corrected chi connectivity index (χ0v) is 8.51. The number of nitrogens with one attached hydrogen (secondary N) is 1. The highest BCUT2D eigenvalue weighted by atomic mass is 32.2. The first kappa shape index (κ1) is 9.39. The molecule has 1 aromatic rings. The van der Waals surface area contributed by atoms with Crippen LogP contribution in [0.25, 0.3) is 0 Å². The Morgan fingerprint density at radius 3 is 2.86 bits per heavy atom. The summed E-state index contributed by atoms with van der Waals surface area (Å²) in [6.07, 6.45) is 1.41. The summed E-state index contributed by atoms with van der Waals surface area (Å²) >= 11 is 1.91. The third-order valence-electron chi connectivity index (χ3n) is 2.12. The van der Waals surface area contributed by atoms with Gasteiger partial charge in [-0.1, -0.05) is 0 Å². The SMILES string of the molecule is Nc1cnc(N2CCSCC2)[nH]c1=O. The van der Waals surface area contributed by atoms with E-state index in [1.165, 1.54) is 6.20 Å². The summed E-state index contributed by atoms with van der Waals surface area (Å²) in [6, 6.07) is 0. The summed E-state index contributed by atoms with van der Waals surface area (Å²) < 4.78 is 0. The average molecular weight is 212 g/mol. The highest BCUT2D eigenvalue weighted by Crippen LogP contribution is 2.13. The second-order valence-electron chi connectivity index (χ2n) is 3.09. The van der Waals surface area contributed by atoms with Gasteiger partial charge in [0.25, 0.3) is 5.56 Å². The zero-order valence-electron chi connectivity index (χ0n) is 7.69. The molecule has 1 aromatic heterocycles. The first-order valence-electron chi connectivity index (χ1n) is 4.45. The van der Waals surface area contributed by atoms with E-state index in [1.54, 1.807) is 0 Å². The molecule has 1 saturated heterocycles. The molecule has 0 aromatic carbocycles. The van der Waals surface area contributed by atoms with Crippen molar-refractivity contribution >= 4 is 23.4 Å². The molecule has 1 aliphatic heterocycles.